The predicted octanol–water partition coefficient (Wildman–Crippen LogP) is 3.85. The van der Waals surface area contributed by atoms with Crippen molar-refractivity contribution >= 4 is 32.7 Å². The molecule has 0 saturated heterocycles. The molecule has 1 saturated carbocycles. The fourth-order valence-electron chi connectivity index (χ4n) is 2.97. The Bertz CT molecular complexity index is 614. The number of amides is 1. The fourth-order valence-corrected chi connectivity index (χ4v) is 3.46. The third-order valence-corrected chi connectivity index (χ3v) is 4.75. The number of nitrogens with zero attached hydrogens (tertiary/aromatic N) is 1. The minimum absolute atomic E-state index is 0.175. The maximum absolute atomic E-state index is 12.0. The number of aromatic nitrogens is 1. The summed E-state index contributed by atoms with van der Waals surface area (Å²) in [5.74, 6) is 0.175. The molecule has 1 heterocycles. The van der Waals surface area contributed by atoms with E-state index in [9.17, 15) is 4.79 Å². The SMILES string of the molecule is O=C(CCn1ccc2c(Br)cccc21)NC1CCCC1. The number of aryl methyl sites for hydroxylation is 1. The van der Waals surface area contributed by atoms with Crippen LogP contribution in [0, 0.1) is 0 Å². The van der Waals surface area contributed by atoms with Crippen molar-refractivity contribution < 1.29 is 4.79 Å². The summed E-state index contributed by atoms with van der Waals surface area (Å²) in [7, 11) is 0. The van der Waals surface area contributed by atoms with E-state index in [-0.39, 0.29) is 5.91 Å². The van der Waals surface area contributed by atoms with Gasteiger partial charge in [-0.1, -0.05) is 34.8 Å². The summed E-state index contributed by atoms with van der Waals surface area (Å²) in [4.78, 5) is 12.0. The number of carbonyl (C=O) groups is 1. The van der Waals surface area contributed by atoms with Gasteiger partial charge in [0.25, 0.3) is 0 Å². The molecule has 106 valence electrons. The Hall–Kier alpha value is -1.29. The van der Waals surface area contributed by atoms with E-state index >= 15 is 0 Å². The number of fused-ring (bicyclic) bond motifs is 1. The van der Waals surface area contributed by atoms with Gasteiger partial charge in [0.1, 0.15) is 0 Å². The number of benzene rings is 1. The molecule has 0 aliphatic heterocycles. The third-order valence-electron chi connectivity index (χ3n) is 4.06. The lowest BCUT2D eigenvalue weighted by molar-refractivity contribution is -0.121. The highest BCUT2D eigenvalue weighted by Crippen LogP contribution is 2.24. The number of hydrogen-bond acceptors (Lipinski definition) is 1. The molecule has 1 N–H and O–H groups in total. The van der Waals surface area contributed by atoms with Crippen LogP contribution in [0.5, 0.6) is 0 Å². The maximum atomic E-state index is 12.0. The van der Waals surface area contributed by atoms with Crippen molar-refractivity contribution in [1.29, 1.82) is 0 Å². The highest BCUT2D eigenvalue weighted by atomic mass is 79.9. The van der Waals surface area contributed by atoms with Crippen LogP contribution in [0.15, 0.2) is 34.9 Å². The number of nitrogens with one attached hydrogen (secondary N) is 1. The topological polar surface area (TPSA) is 34.0 Å². The van der Waals surface area contributed by atoms with Crippen molar-refractivity contribution in [2.75, 3.05) is 0 Å². The zero-order valence-corrected chi connectivity index (χ0v) is 13.0. The predicted molar refractivity (Wildman–Crippen MR) is 84.7 cm³/mol. The second kappa shape index (κ2) is 6.00. The van der Waals surface area contributed by atoms with E-state index in [1.165, 1.54) is 23.7 Å². The van der Waals surface area contributed by atoms with E-state index in [1.807, 2.05) is 12.1 Å². The van der Waals surface area contributed by atoms with E-state index in [0.29, 0.717) is 12.5 Å². The van der Waals surface area contributed by atoms with Crippen molar-refractivity contribution in [3.63, 3.8) is 0 Å². The summed E-state index contributed by atoms with van der Waals surface area (Å²) in [5, 5.41) is 4.34. The standard InChI is InChI=1S/C16H19BrN2O/c17-14-6-3-7-15-13(14)8-10-19(15)11-9-16(20)18-12-4-1-2-5-12/h3,6-8,10,12H,1-2,4-5,9,11H2,(H,18,20). The van der Waals surface area contributed by atoms with E-state index in [4.69, 9.17) is 0 Å². The average molecular weight is 335 g/mol. The molecule has 20 heavy (non-hydrogen) atoms. The lowest BCUT2D eigenvalue weighted by Gasteiger charge is -2.12. The van der Waals surface area contributed by atoms with Crippen molar-refractivity contribution in [2.24, 2.45) is 0 Å². The molecule has 0 atom stereocenters. The smallest absolute Gasteiger partial charge is 0.222 e. The molecule has 0 radical (unpaired) electrons. The molecule has 1 fully saturated rings. The van der Waals surface area contributed by atoms with Gasteiger partial charge < -0.3 is 9.88 Å². The van der Waals surface area contributed by atoms with Gasteiger partial charge in [0, 0.05) is 40.6 Å². The van der Waals surface area contributed by atoms with E-state index in [0.717, 1.165) is 23.9 Å². The monoisotopic (exact) mass is 334 g/mol. The quantitative estimate of drug-likeness (QED) is 0.905. The minimum Gasteiger partial charge on any atom is -0.353 e. The molecule has 1 aliphatic rings. The summed E-state index contributed by atoms with van der Waals surface area (Å²) >= 11 is 3.56. The molecular weight excluding hydrogens is 316 g/mol. The van der Waals surface area contributed by atoms with Gasteiger partial charge in [0.15, 0.2) is 0 Å². The van der Waals surface area contributed by atoms with Crippen LogP contribution in [0.2, 0.25) is 0 Å². The number of carbonyl (C=O) groups excluding carboxylic acids is 1. The Labute approximate surface area is 127 Å². The van der Waals surface area contributed by atoms with Crippen molar-refractivity contribution in [3.8, 4) is 0 Å². The highest BCUT2D eigenvalue weighted by Gasteiger charge is 2.16. The molecule has 3 rings (SSSR count). The van der Waals surface area contributed by atoms with E-state index < -0.39 is 0 Å². The summed E-state index contributed by atoms with van der Waals surface area (Å²) in [6, 6.07) is 8.67. The van der Waals surface area contributed by atoms with Gasteiger partial charge in [-0.15, -0.1) is 0 Å². The third kappa shape index (κ3) is 2.90. The van der Waals surface area contributed by atoms with Crippen molar-refractivity contribution in [3.05, 3.63) is 34.9 Å². The van der Waals surface area contributed by atoms with Gasteiger partial charge in [0.2, 0.25) is 5.91 Å². The molecule has 2 aromatic rings. The first-order chi connectivity index (χ1) is 9.74. The fraction of sp³-hybridized carbons (Fsp3) is 0.438. The van der Waals surface area contributed by atoms with Crippen LogP contribution in [-0.4, -0.2) is 16.5 Å². The number of rotatable bonds is 4. The van der Waals surface area contributed by atoms with Crippen LogP contribution in [0.3, 0.4) is 0 Å². The first-order valence-electron chi connectivity index (χ1n) is 7.27. The molecule has 0 bridgehead atoms. The van der Waals surface area contributed by atoms with Crippen molar-refractivity contribution in [2.45, 2.75) is 44.7 Å². The van der Waals surface area contributed by atoms with Gasteiger partial charge in [-0.05, 0) is 31.0 Å². The van der Waals surface area contributed by atoms with Crippen LogP contribution >= 0.6 is 15.9 Å². The van der Waals surface area contributed by atoms with Gasteiger partial charge in [0.05, 0.1) is 0 Å². The normalized spacial score (nSPS) is 15.8. The first kappa shape index (κ1) is 13.7. The molecule has 4 heteroatoms. The van der Waals surface area contributed by atoms with Crippen LogP contribution < -0.4 is 5.32 Å². The van der Waals surface area contributed by atoms with Crippen LogP contribution in [-0.2, 0) is 11.3 Å². The van der Waals surface area contributed by atoms with Crippen LogP contribution in [0.25, 0.3) is 10.9 Å². The first-order valence-corrected chi connectivity index (χ1v) is 8.06. The zero-order chi connectivity index (χ0) is 13.9. The Morgan fingerprint density at radius 1 is 1.30 bits per heavy atom. The largest absolute Gasteiger partial charge is 0.353 e. The Kier molecular flexibility index (Phi) is 4.10. The molecule has 1 amide bonds. The van der Waals surface area contributed by atoms with Gasteiger partial charge in [-0.25, -0.2) is 0 Å². The number of hydrogen-bond donors (Lipinski definition) is 1. The Balaban J connectivity index is 1.62. The Morgan fingerprint density at radius 3 is 2.90 bits per heavy atom. The number of halogens is 1. The molecular formula is C16H19BrN2O. The molecule has 0 spiro atoms. The van der Waals surface area contributed by atoms with Crippen LogP contribution in [0.1, 0.15) is 32.1 Å². The van der Waals surface area contributed by atoms with E-state index in [1.54, 1.807) is 0 Å². The van der Waals surface area contributed by atoms with Crippen molar-refractivity contribution in [1.82, 2.24) is 9.88 Å². The molecule has 3 nitrogen and oxygen atoms in total. The lowest BCUT2D eigenvalue weighted by atomic mass is 10.2. The molecule has 1 aliphatic carbocycles. The minimum atomic E-state index is 0.175. The van der Waals surface area contributed by atoms with E-state index in [2.05, 4.69) is 44.1 Å². The molecule has 0 unspecified atom stereocenters. The van der Waals surface area contributed by atoms with Crippen LogP contribution in [0.4, 0.5) is 0 Å². The summed E-state index contributed by atoms with van der Waals surface area (Å²) in [5.41, 5.74) is 1.17. The summed E-state index contributed by atoms with van der Waals surface area (Å²) in [6.45, 7) is 0.735. The second-order valence-electron chi connectivity index (χ2n) is 5.48. The molecule has 1 aromatic heterocycles. The van der Waals surface area contributed by atoms with Gasteiger partial charge >= 0.3 is 0 Å². The molecule has 1 aromatic carbocycles. The average Bonchev–Trinajstić information content (AvgIpc) is 3.06. The summed E-state index contributed by atoms with van der Waals surface area (Å²) < 4.78 is 3.25. The Morgan fingerprint density at radius 2 is 2.10 bits per heavy atom. The van der Waals surface area contributed by atoms with Gasteiger partial charge in [-0.2, -0.15) is 0 Å². The highest BCUT2D eigenvalue weighted by molar-refractivity contribution is 9.10. The lowest BCUT2D eigenvalue weighted by Crippen LogP contribution is -2.33. The maximum Gasteiger partial charge on any atom is 0.222 e. The van der Waals surface area contributed by atoms with Gasteiger partial charge in [-0.3, -0.25) is 4.79 Å². The summed E-state index contributed by atoms with van der Waals surface area (Å²) in [6.07, 6.45) is 7.39. The zero-order valence-electron chi connectivity index (χ0n) is 11.4. The second-order valence-corrected chi connectivity index (χ2v) is 6.34.